The third kappa shape index (κ3) is 5.39. The first-order valence-corrected chi connectivity index (χ1v) is 8.84. The van der Waals surface area contributed by atoms with E-state index in [4.69, 9.17) is 14.2 Å². The minimum atomic E-state index is -2.03. The molecule has 1 rings (SSSR count). The average molecular weight is 376 g/mol. The van der Waals surface area contributed by atoms with Crippen LogP contribution in [0.15, 0.2) is 0 Å². The highest BCUT2D eigenvalue weighted by atomic mass is 16.7. The Hall–Kier alpha value is -1.71. The molecule has 1 aliphatic heterocycles. The van der Waals surface area contributed by atoms with Crippen LogP contribution in [0.2, 0.25) is 0 Å². The molecule has 0 saturated carbocycles. The number of carbonyl (C=O) groups excluding carboxylic acids is 3. The van der Waals surface area contributed by atoms with Crippen LogP contribution in [0.4, 0.5) is 0 Å². The molecule has 1 saturated heterocycles. The maximum Gasteiger partial charge on any atom is 0.354 e. The first-order valence-electron chi connectivity index (χ1n) is 8.84. The van der Waals surface area contributed by atoms with Gasteiger partial charge < -0.3 is 29.5 Å². The van der Waals surface area contributed by atoms with Gasteiger partial charge in [-0.3, -0.25) is 0 Å². The van der Waals surface area contributed by atoms with E-state index < -0.39 is 55.5 Å². The highest BCUT2D eigenvalue weighted by Gasteiger charge is 2.49. The maximum atomic E-state index is 12.6. The van der Waals surface area contributed by atoms with Crippen molar-refractivity contribution < 1.29 is 43.9 Å². The van der Waals surface area contributed by atoms with Gasteiger partial charge in [-0.1, -0.05) is 39.5 Å². The van der Waals surface area contributed by atoms with E-state index in [1.807, 2.05) is 13.8 Å². The van der Waals surface area contributed by atoms with Gasteiger partial charge in [-0.05, 0) is 5.92 Å². The van der Waals surface area contributed by atoms with Gasteiger partial charge in [-0.2, -0.15) is 0 Å². The van der Waals surface area contributed by atoms with E-state index >= 15 is 0 Å². The minimum Gasteiger partial charge on any atom is -0.445 e. The highest BCUT2D eigenvalue weighted by Crippen LogP contribution is 2.30. The summed E-state index contributed by atoms with van der Waals surface area (Å²) in [6.07, 6.45) is -0.0936. The number of esters is 3. The predicted molar refractivity (Wildman–Crippen MR) is 87.8 cm³/mol. The molecule has 150 valence electrons. The monoisotopic (exact) mass is 376 g/mol. The molecule has 26 heavy (non-hydrogen) atoms. The molecule has 1 heterocycles. The summed E-state index contributed by atoms with van der Waals surface area (Å²) in [6, 6.07) is 0. The van der Waals surface area contributed by atoms with Crippen LogP contribution >= 0.6 is 0 Å². The fourth-order valence-electron chi connectivity index (χ4n) is 2.77. The number of unbranched alkanes of at least 4 members (excludes halogenated alkanes) is 1. The lowest BCUT2D eigenvalue weighted by Gasteiger charge is -2.32. The van der Waals surface area contributed by atoms with E-state index in [2.05, 4.69) is 0 Å². The van der Waals surface area contributed by atoms with Gasteiger partial charge in [-0.15, -0.1) is 0 Å². The molecule has 0 spiro atoms. The Morgan fingerprint density at radius 1 is 1.00 bits per heavy atom. The average Bonchev–Trinajstić information content (AvgIpc) is 2.68. The van der Waals surface area contributed by atoms with Gasteiger partial charge in [0, 0.05) is 6.42 Å². The third-order valence-electron chi connectivity index (χ3n) is 4.45. The Labute approximate surface area is 152 Å². The second-order valence-corrected chi connectivity index (χ2v) is 6.38. The molecular formula is C17H28O9. The summed E-state index contributed by atoms with van der Waals surface area (Å²) in [5.74, 6) is -3.50. The zero-order chi connectivity index (χ0) is 19.7. The van der Waals surface area contributed by atoms with E-state index in [1.54, 1.807) is 0 Å². The summed E-state index contributed by atoms with van der Waals surface area (Å²) in [7, 11) is 0. The molecule has 0 aromatic heterocycles. The molecule has 0 bridgehead atoms. The van der Waals surface area contributed by atoms with Gasteiger partial charge >= 0.3 is 17.9 Å². The van der Waals surface area contributed by atoms with Crippen molar-refractivity contribution in [3.8, 4) is 0 Å². The van der Waals surface area contributed by atoms with Crippen molar-refractivity contribution in [3.05, 3.63) is 0 Å². The van der Waals surface area contributed by atoms with Crippen LogP contribution < -0.4 is 0 Å². The molecular weight excluding hydrogens is 348 g/mol. The first-order chi connectivity index (χ1) is 12.4. The number of aliphatic hydroxyl groups excluding tert-OH is 3. The van der Waals surface area contributed by atoms with E-state index in [9.17, 15) is 29.7 Å². The number of carbonyl (C=O) groups is 3. The van der Waals surface area contributed by atoms with Gasteiger partial charge in [0.1, 0.15) is 0 Å². The lowest BCUT2D eigenvalue weighted by Crippen LogP contribution is -2.51. The van der Waals surface area contributed by atoms with Crippen LogP contribution in [-0.4, -0.2) is 70.9 Å². The summed E-state index contributed by atoms with van der Waals surface area (Å²) in [4.78, 5) is 36.8. The Morgan fingerprint density at radius 3 is 2.12 bits per heavy atom. The van der Waals surface area contributed by atoms with Crippen molar-refractivity contribution in [1.82, 2.24) is 0 Å². The van der Waals surface area contributed by atoms with Crippen molar-refractivity contribution in [2.75, 3.05) is 19.8 Å². The lowest BCUT2D eigenvalue weighted by atomic mass is 9.85. The normalized spacial score (nSPS) is 28.3. The van der Waals surface area contributed by atoms with Crippen molar-refractivity contribution in [2.45, 2.75) is 63.8 Å². The smallest absolute Gasteiger partial charge is 0.354 e. The number of rotatable bonds is 9. The summed E-state index contributed by atoms with van der Waals surface area (Å²) < 4.78 is 14.9. The molecule has 0 amide bonds. The summed E-state index contributed by atoms with van der Waals surface area (Å²) in [6.45, 7) is 1.33. The Bertz CT molecular complexity index is 491. The first kappa shape index (κ1) is 22.3. The van der Waals surface area contributed by atoms with E-state index in [-0.39, 0.29) is 12.3 Å². The number of cyclic esters (lactones) is 3. The number of hydrogen-bond donors (Lipinski definition) is 3. The fourth-order valence-corrected chi connectivity index (χ4v) is 2.77. The predicted octanol–water partition coefficient (Wildman–Crippen LogP) is -0.311. The fraction of sp³-hybridized carbons (Fsp3) is 0.824. The summed E-state index contributed by atoms with van der Waals surface area (Å²) in [5, 5.41) is 28.4. The largest absolute Gasteiger partial charge is 0.445 e. The number of ether oxygens (including phenoxy) is 3. The second kappa shape index (κ2) is 10.4. The number of hydrogen-bond acceptors (Lipinski definition) is 9. The quantitative estimate of drug-likeness (QED) is 0.365. The zero-order valence-electron chi connectivity index (χ0n) is 15.2. The van der Waals surface area contributed by atoms with Crippen LogP contribution in [0.3, 0.4) is 0 Å². The van der Waals surface area contributed by atoms with Crippen LogP contribution in [0.5, 0.6) is 0 Å². The van der Waals surface area contributed by atoms with Gasteiger partial charge in [0.15, 0.2) is 0 Å². The summed E-state index contributed by atoms with van der Waals surface area (Å²) >= 11 is 0. The van der Waals surface area contributed by atoms with Crippen molar-refractivity contribution in [2.24, 2.45) is 5.92 Å². The minimum absolute atomic E-state index is 0.00490. The van der Waals surface area contributed by atoms with Gasteiger partial charge in [0.25, 0.3) is 0 Å². The number of aliphatic hydroxyl groups is 3. The third-order valence-corrected chi connectivity index (χ3v) is 4.45. The molecule has 0 aromatic carbocycles. The van der Waals surface area contributed by atoms with Crippen molar-refractivity contribution >= 4 is 17.9 Å². The molecule has 1 aliphatic rings. The standard InChI is InChI=1S/C17H28O9/c1-3-5-6-11(4-2)7-17(10-20)16(23)25-12(8-18)14(21)24-13(9-19)15(22)26-17/h11-13,18-20H,3-10H2,1-2H3. The van der Waals surface area contributed by atoms with Crippen molar-refractivity contribution in [3.63, 3.8) is 0 Å². The second-order valence-electron chi connectivity index (χ2n) is 6.38. The molecule has 3 N–H and O–H groups in total. The summed E-state index contributed by atoms with van der Waals surface area (Å²) in [5.41, 5.74) is -2.03. The van der Waals surface area contributed by atoms with Crippen LogP contribution in [0.25, 0.3) is 0 Å². The molecule has 4 unspecified atom stereocenters. The molecule has 0 aliphatic carbocycles. The van der Waals surface area contributed by atoms with Crippen molar-refractivity contribution in [1.29, 1.82) is 0 Å². The molecule has 9 nitrogen and oxygen atoms in total. The molecule has 1 fully saturated rings. The Morgan fingerprint density at radius 2 is 1.62 bits per heavy atom. The molecule has 0 radical (unpaired) electrons. The van der Waals surface area contributed by atoms with Crippen LogP contribution in [-0.2, 0) is 28.6 Å². The molecule has 0 aromatic rings. The zero-order valence-corrected chi connectivity index (χ0v) is 15.2. The maximum absolute atomic E-state index is 12.6. The molecule has 9 heteroatoms. The highest BCUT2D eigenvalue weighted by molar-refractivity contribution is 5.90. The Balaban J connectivity index is 3.20. The van der Waals surface area contributed by atoms with Crippen LogP contribution in [0.1, 0.15) is 46.0 Å². The van der Waals surface area contributed by atoms with E-state index in [0.29, 0.717) is 6.42 Å². The van der Waals surface area contributed by atoms with Crippen LogP contribution in [0, 0.1) is 5.92 Å². The van der Waals surface area contributed by atoms with Gasteiger partial charge in [0.2, 0.25) is 17.8 Å². The van der Waals surface area contributed by atoms with E-state index in [1.165, 1.54) is 0 Å². The molecule has 4 atom stereocenters. The SMILES string of the molecule is CCCCC(CC)CC1(CO)OC(=O)C(CO)OC(=O)C(CO)OC1=O. The van der Waals surface area contributed by atoms with E-state index in [0.717, 1.165) is 19.3 Å². The van der Waals surface area contributed by atoms with Gasteiger partial charge in [-0.25, -0.2) is 14.4 Å². The lowest BCUT2D eigenvalue weighted by molar-refractivity contribution is -0.195. The Kier molecular flexibility index (Phi) is 8.97. The van der Waals surface area contributed by atoms with Gasteiger partial charge in [0.05, 0.1) is 19.8 Å². The topological polar surface area (TPSA) is 140 Å².